The maximum Gasteiger partial charge on any atom is 0.294 e. The van der Waals surface area contributed by atoms with E-state index in [1.807, 2.05) is 0 Å². The Morgan fingerprint density at radius 3 is 2.67 bits per heavy atom. The van der Waals surface area contributed by atoms with Crippen LogP contribution in [0.25, 0.3) is 0 Å². The fourth-order valence-corrected chi connectivity index (χ4v) is 0.697. The van der Waals surface area contributed by atoms with E-state index in [0.717, 1.165) is 6.42 Å². The second kappa shape index (κ2) is 2.75. The first-order valence-electron chi connectivity index (χ1n) is 2.87. The lowest BCUT2D eigenvalue weighted by Gasteiger charge is -2.12. The lowest BCUT2D eigenvalue weighted by molar-refractivity contribution is 0.219. The topological polar surface area (TPSA) is 24.4 Å². The van der Waals surface area contributed by atoms with Crippen molar-refractivity contribution in [1.82, 2.24) is 5.32 Å². The minimum atomic E-state index is -2.43. The summed E-state index contributed by atoms with van der Waals surface area (Å²) in [6.07, 6.45) is -1.57. The molecule has 2 nitrogen and oxygen atoms in total. The van der Waals surface area contributed by atoms with Crippen LogP contribution in [0.2, 0.25) is 0 Å². The van der Waals surface area contributed by atoms with Crippen LogP contribution in [0.3, 0.4) is 0 Å². The van der Waals surface area contributed by atoms with Crippen molar-refractivity contribution in [1.29, 1.82) is 0 Å². The molecule has 0 amide bonds. The van der Waals surface area contributed by atoms with Gasteiger partial charge in [0.05, 0.1) is 0 Å². The summed E-state index contributed by atoms with van der Waals surface area (Å²) in [5.41, 5.74) is 0. The van der Waals surface area contributed by atoms with E-state index >= 15 is 0 Å². The van der Waals surface area contributed by atoms with Crippen LogP contribution < -0.4 is 5.32 Å². The van der Waals surface area contributed by atoms with Crippen LogP contribution >= 0.6 is 0 Å². The Morgan fingerprint density at radius 1 is 1.56 bits per heavy atom. The zero-order valence-corrected chi connectivity index (χ0v) is 4.90. The maximum atomic E-state index is 11.7. The van der Waals surface area contributed by atoms with Crippen molar-refractivity contribution in [2.24, 2.45) is 4.99 Å². The first-order chi connectivity index (χ1) is 4.30. The molecule has 0 saturated heterocycles. The highest BCUT2D eigenvalue weighted by Gasteiger charge is 2.13. The molecule has 0 aromatic carbocycles. The van der Waals surface area contributed by atoms with Crippen LogP contribution in [0, 0.1) is 0 Å². The van der Waals surface area contributed by atoms with Gasteiger partial charge in [0.25, 0.3) is 6.43 Å². The zero-order valence-electron chi connectivity index (χ0n) is 4.90. The average molecular weight is 134 g/mol. The second-order valence-corrected chi connectivity index (χ2v) is 1.85. The summed E-state index contributed by atoms with van der Waals surface area (Å²) in [5, 5.41) is 2.52. The lowest BCUT2D eigenvalue weighted by Crippen LogP contribution is -2.34. The molecule has 4 heteroatoms. The summed E-state index contributed by atoms with van der Waals surface area (Å²) in [6.45, 7) is 1.16. The van der Waals surface area contributed by atoms with Gasteiger partial charge in [-0.05, 0) is 6.42 Å². The van der Waals surface area contributed by atoms with Crippen molar-refractivity contribution in [3.05, 3.63) is 0 Å². The third-order valence-corrected chi connectivity index (χ3v) is 1.13. The molecule has 0 bridgehead atoms. The van der Waals surface area contributed by atoms with Gasteiger partial charge in [0, 0.05) is 13.1 Å². The van der Waals surface area contributed by atoms with Crippen LogP contribution in [-0.2, 0) is 0 Å². The third kappa shape index (κ3) is 1.62. The normalized spacial score (nSPS) is 19.2. The Morgan fingerprint density at radius 2 is 2.33 bits per heavy atom. The molecule has 1 aliphatic heterocycles. The minimum Gasteiger partial charge on any atom is -0.369 e. The molecule has 1 N–H and O–H groups in total. The van der Waals surface area contributed by atoms with Gasteiger partial charge in [-0.2, -0.15) is 0 Å². The number of amidine groups is 1. The van der Waals surface area contributed by atoms with E-state index in [2.05, 4.69) is 10.3 Å². The van der Waals surface area contributed by atoms with E-state index in [0.29, 0.717) is 13.1 Å². The molecule has 1 rings (SSSR count). The predicted octanol–water partition coefficient (Wildman–Crippen LogP) is 0.643. The Bertz CT molecular complexity index is 122. The van der Waals surface area contributed by atoms with Crippen molar-refractivity contribution in [2.45, 2.75) is 12.8 Å². The van der Waals surface area contributed by atoms with E-state index in [1.54, 1.807) is 0 Å². The zero-order chi connectivity index (χ0) is 6.69. The summed E-state index contributed by atoms with van der Waals surface area (Å²) >= 11 is 0. The molecule has 1 heterocycles. The average Bonchev–Trinajstić information content (AvgIpc) is 1.90. The standard InChI is InChI=1S/C5H8F2N2/c6-4(7)5-8-2-1-3-9-5/h4H,1-3H2,(H,8,9). The second-order valence-electron chi connectivity index (χ2n) is 1.85. The highest BCUT2D eigenvalue weighted by molar-refractivity contribution is 5.85. The molecule has 0 unspecified atom stereocenters. The first kappa shape index (κ1) is 6.45. The van der Waals surface area contributed by atoms with Crippen LogP contribution in [0.15, 0.2) is 4.99 Å². The van der Waals surface area contributed by atoms with Gasteiger partial charge in [-0.3, -0.25) is 4.99 Å². The van der Waals surface area contributed by atoms with E-state index in [1.165, 1.54) is 0 Å². The highest BCUT2D eigenvalue weighted by atomic mass is 19.3. The number of nitrogens with zero attached hydrogens (tertiary/aromatic N) is 1. The molecule has 0 atom stereocenters. The van der Waals surface area contributed by atoms with E-state index in [9.17, 15) is 8.78 Å². The number of hydrogen-bond donors (Lipinski definition) is 1. The summed E-state index contributed by atoms with van der Waals surface area (Å²) < 4.78 is 23.5. The SMILES string of the molecule is FC(F)C1=NCCCN1. The van der Waals surface area contributed by atoms with Gasteiger partial charge in [-0.1, -0.05) is 0 Å². The minimum absolute atomic E-state index is 0.152. The van der Waals surface area contributed by atoms with Gasteiger partial charge in [-0.15, -0.1) is 0 Å². The van der Waals surface area contributed by atoms with Gasteiger partial charge in [0.2, 0.25) is 0 Å². The number of hydrogen-bond acceptors (Lipinski definition) is 2. The fraction of sp³-hybridized carbons (Fsp3) is 0.800. The Hall–Kier alpha value is -0.670. The first-order valence-corrected chi connectivity index (χ1v) is 2.87. The van der Waals surface area contributed by atoms with Gasteiger partial charge in [-0.25, -0.2) is 8.78 Å². The van der Waals surface area contributed by atoms with Crippen LogP contribution in [0.1, 0.15) is 6.42 Å². The molecule has 1 aliphatic rings. The van der Waals surface area contributed by atoms with E-state index in [-0.39, 0.29) is 5.84 Å². The Balaban J connectivity index is 2.46. The molecule has 0 fully saturated rings. The number of rotatable bonds is 1. The molecule has 0 aromatic rings. The van der Waals surface area contributed by atoms with E-state index in [4.69, 9.17) is 0 Å². The molecule has 0 aromatic heterocycles. The van der Waals surface area contributed by atoms with Crippen molar-refractivity contribution in [3.63, 3.8) is 0 Å². The Kier molecular flexibility index (Phi) is 1.97. The summed E-state index contributed by atoms with van der Waals surface area (Å²) in [4.78, 5) is 3.58. The number of halogens is 2. The lowest BCUT2D eigenvalue weighted by atomic mass is 10.3. The summed E-state index contributed by atoms with van der Waals surface area (Å²) in [5.74, 6) is -0.152. The molecule has 52 valence electrons. The fourth-order valence-electron chi connectivity index (χ4n) is 0.697. The van der Waals surface area contributed by atoms with Crippen molar-refractivity contribution in [3.8, 4) is 0 Å². The predicted molar refractivity (Wildman–Crippen MR) is 30.9 cm³/mol. The third-order valence-electron chi connectivity index (χ3n) is 1.13. The smallest absolute Gasteiger partial charge is 0.294 e. The molecule has 0 saturated carbocycles. The summed E-state index contributed by atoms with van der Waals surface area (Å²) in [6, 6.07) is 0. The van der Waals surface area contributed by atoms with Crippen molar-refractivity contribution < 1.29 is 8.78 Å². The van der Waals surface area contributed by atoms with Crippen LogP contribution in [0.4, 0.5) is 8.78 Å². The number of alkyl halides is 2. The Labute approximate surface area is 52.0 Å². The maximum absolute atomic E-state index is 11.7. The molecule has 0 radical (unpaired) electrons. The quantitative estimate of drug-likeness (QED) is 0.559. The van der Waals surface area contributed by atoms with E-state index < -0.39 is 6.43 Å². The largest absolute Gasteiger partial charge is 0.369 e. The molecular weight excluding hydrogens is 126 g/mol. The number of nitrogens with one attached hydrogen (secondary N) is 1. The summed E-state index contributed by atoms with van der Waals surface area (Å²) in [7, 11) is 0. The monoisotopic (exact) mass is 134 g/mol. The van der Waals surface area contributed by atoms with Gasteiger partial charge in [0.1, 0.15) is 0 Å². The van der Waals surface area contributed by atoms with Crippen molar-refractivity contribution in [2.75, 3.05) is 13.1 Å². The van der Waals surface area contributed by atoms with Crippen LogP contribution in [0.5, 0.6) is 0 Å². The van der Waals surface area contributed by atoms with Gasteiger partial charge >= 0.3 is 0 Å². The van der Waals surface area contributed by atoms with Gasteiger partial charge < -0.3 is 5.32 Å². The van der Waals surface area contributed by atoms with Gasteiger partial charge in [0.15, 0.2) is 5.84 Å². The molecular formula is C5H8F2N2. The van der Waals surface area contributed by atoms with Crippen molar-refractivity contribution >= 4 is 5.84 Å². The molecule has 0 spiro atoms. The molecule has 0 aliphatic carbocycles. The molecule has 9 heavy (non-hydrogen) atoms. The van der Waals surface area contributed by atoms with Crippen LogP contribution in [-0.4, -0.2) is 25.4 Å². The number of aliphatic imine (C=N–C) groups is 1. The highest BCUT2D eigenvalue weighted by Crippen LogP contribution is 1.98.